The van der Waals surface area contributed by atoms with E-state index < -0.39 is 0 Å². The largest absolute Gasteiger partial charge is 0.396 e. The van der Waals surface area contributed by atoms with Crippen LogP contribution in [-0.2, 0) is 4.79 Å². The van der Waals surface area contributed by atoms with Gasteiger partial charge in [0.05, 0.1) is 5.92 Å². The van der Waals surface area contributed by atoms with Crippen molar-refractivity contribution in [2.75, 3.05) is 32.8 Å². The van der Waals surface area contributed by atoms with Gasteiger partial charge in [-0.15, -0.1) is 0 Å². The molecule has 0 saturated carbocycles. The normalized spacial score (nSPS) is 20.0. The second-order valence-corrected chi connectivity index (χ2v) is 8.49. The highest BCUT2D eigenvalue weighted by Gasteiger charge is 2.33. The Morgan fingerprint density at radius 3 is 2.60 bits per heavy atom. The lowest BCUT2D eigenvalue weighted by atomic mass is 9.75. The number of aliphatic hydroxyl groups excluding tert-OH is 1. The molecule has 2 N–H and O–H groups in total. The topological polar surface area (TPSA) is 52.6 Å². The summed E-state index contributed by atoms with van der Waals surface area (Å²) in [6, 6.07) is 10.2. The maximum atomic E-state index is 12.6. The quantitative estimate of drug-likeness (QED) is 0.761. The highest BCUT2D eigenvalue weighted by molar-refractivity contribution is 5.79. The standard InChI is InChI=1S/C21H34N2O2/c1-16(2)13-23-11-10-18(14-23)20(25)22-12-19(21(3,4)15-24)17-8-6-5-7-9-17/h5-9,16,18-19,24H,10-15H2,1-4H3,(H,22,25). The third-order valence-corrected chi connectivity index (χ3v) is 5.30. The zero-order chi connectivity index (χ0) is 18.4. The molecular formula is C21H34N2O2. The first kappa shape index (κ1) is 19.9. The molecule has 140 valence electrons. The predicted octanol–water partition coefficient (Wildman–Crippen LogP) is 2.88. The van der Waals surface area contributed by atoms with Gasteiger partial charge in [0.2, 0.25) is 5.91 Å². The molecule has 1 amide bonds. The number of rotatable bonds is 8. The number of benzene rings is 1. The number of aliphatic hydroxyl groups is 1. The first-order valence-electron chi connectivity index (χ1n) is 9.49. The summed E-state index contributed by atoms with van der Waals surface area (Å²) in [6.45, 7) is 12.1. The summed E-state index contributed by atoms with van der Waals surface area (Å²) in [7, 11) is 0. The molecule has 25 heavy (non-hydrogen) atoms. The average molecular weight is 347 g/mol. The molecule has 1 saturated heterocycles. The van der Waals surface area contributed by atoms with Crippen molar-refractivity contribution in [3.8, 4) is 0 Å². The highest BCUT2D eigenvalue weighted by atomic mass is 16.3. The van der Waals surface area contributed by atoms with Crippen LogP contribution in [0.1, 0.15) is 45.6 Å². The Balaban J connectivity index is 1.95. The van der Waals surface area contributed by atoms with Crippen LogP contribution < -0.4 is 5.32 Å². The molecule has 2 unspecified atom stereocenters. The lowest BCUT2D eigenvalue weighted by Gasteiger charge is -2.33. The van der Waals surface area contributed by atoms with Gasteiger partial charge < -0.3 is 15.3 Å². The number of hydrogen-bond acceptors (Lipinski definition) is 3. The van der Waals surface area contributed by atoms with Crippen LogP contribution in [0.2, 0.25) is 0 Å². The minimum atomic E-state index is -0.284. The van der Waals surface area contributed by atoms with Gasteiger partial charge in [0.25, 0.3) is 0 Å². The molecule has 1 fully saturated rings. The molecule has 1 aliphatic rings. The lowest BCUT2D eigenvalue weighted by Crippen LogP contribution is -2.40. The van der Waals surface area contributed by atoms with E-state index in [9.17, 15) is 9.90 Å². The van der Waals surface area contributed by atoms with Crippen molar-refractivity contribution in [1.82, 2.24) is 10.2 Å². The second-order valence-electron chi connectivity index (χ2n) is 8.49. The van der Waals surface area contributed by atoms with Crippen molar-refractivity contribution in [3.05, 3.63) is 35.9 Å². The van der Waals surface area contributed by atoms with Gasteiger partial charge >= 0.3 is 0 Å². The van der Waals surface area contributed by atoms with Gasteiger partial charge in [-0.05, 0) is 29.9 Å². The molecule has 2 atom stereocenters. The van der Waals surface area contributed by atoms with E-state index in [0.717, 1.165) is 31.6 Å². The second kappa shape index (κ2) is 8.81. The summed E-state index contributed by atoms with van der Waals surface area (Å²) >= 11 is 0. The minimum absolute atomic E-state index is 0.0902. The Kier molecular flexibility index (Phi) is 7.03. The molecule has 0 aromatic heterocycles. The summed E-state index contributed by atoms with van der Waals surface area (Å²) in [5, 5.41) is 13.0. The molecule has 4 heteroatoms. The number of carbonyl (C=O) groups is 1. The van der Waals surface area contributed by atoms with Gasteiger partial charge in [-0.1, -0.05) is 58.0 Å². The molecule has 1 aromatic rings. The molecule has 2 rings (SSSR count). The Labute approximate surface area is 152 Å². The van der Waals surface area contributed by atoms with Crippen molar-refractivity contribution >= 4 is 5.91 Å². The fraction of sp³-hybridized carbons (Fsp3) is 0.667. The van der Waals surface area contributed by atoms with Crippen LogP contribution in [0.5, 0.6) is 0 Å². The molecule has 4 nitrogen and oxygen atoms in total. The van der Waals surface area contributed by atoms with Crippen LogP contribution in [0.25, 0.3) is 0 Å². The van der Waals surface area contributed by atoms with Crippen molar-refractivity contribution < 1.29 is 9.90 Å². The summed E-state index contributed by atoms with van der Waals surface area (Å²) in [5.41, 5.74) is 0.878. The number of likely N-dealkylation sites (tertiary alicyclic amines) is 1. The number of amides is 1. The lowest BCUT2D eigenvalue weighted by molar-refractivity contribution is -0.124. The maximum absolute atomic E-state index is 12.6. The van der Waals surface area contributed by atoms with E-state index >= 15 is 0 Å². The average Bonchev–Trinajstić information content (AvgIpc) is 3.03. The van der Waals surface area contributed by atoms with Gasteiger partial charge in [-0.25, -0.2) is 0 Å². The van der Waals surface area contributed by atoms with Gasteiger partial charge in [-0.2, -0.15) is 0 Å². The highest BCUT2D eigenvalue weighted by Crippen LogP contribution is 2.34. The van der Waals surface area contributed by atoms with E-state index in [1.54, 1.807) is 0 Å². The smallest absolute Gasteiger partial charge is 0.224 e. The van der Waals surface area contributed by atoms with E-state index in [2.05, 4.69) is 50.0 Å². The first-order chi connectivity index (χ1) is 11.8. The van der Waals surface area contributed by atoms with Gasteiger partial charge in [-0.3, -0.25) is 4.79 Å². The predicted molar refractivity (Wildman–Crippen MR) is 102 cm³/mol. The summed E-state index contributed by atoms with van der Waals surface area (Å²) < 4.78 is 0. The molecule has 0 spiro atoms. The van der Waals surface area contributed by atoms with Crippen LogP contribution in [-0.4, -0.2) is 48.7 Å². The van der Waals surface area contributed by atoms with Crippen LogP contribution >= 0.6 is 0 Å². The van der Waals surface area contributed by atoms with E-state index in [-0.39, 0.29) is 29.8 Å². The van der Waals surface area contributed by atoms with E-state index in [0.29, 0.717) is 12.5 Å². The SMILES string of the molecule is CC(C)CN1CCC(C(=O)NCC(c2ccccc2)C(C)(C)CO)C1. The van der Waals surface area contributed by atoms with Crippen LogP contribution in [0.3, 0.4) is 0 Å². The molecular weight excluding hydrogens is 312 g/mol. The van der Waals surface area contributed by atoms with Gasteiger partial charge in [0, 0.05) is 32.2 Å². The van der Waals surface area contributed by atoms with Crippen LogP contribution in [0, 0.1) is 17.3 Å². The fourth-order valence-corrected chi connectivity index (χ4v) is 3.72. The summed E-state index contributed by atoms with van der Waals surface area (Å²) in [6.07, 6.45) is 0.942. The third-order valence-electron chi connectivity index (χ3n) is 5.30. The molecule has 1 aromatic carbocycles. The Hall–Kier alpha value is -1.39. The Morgan fingerprint density at radius 1 is 1.32 bits per heavy atom. The van der Waals surface area contributed by atoms with Gasteiger partial charge in [0.15, 0.2) is 0 Å². The number of carbonyl (C=O) groups excluding carboxylic acids is 1. The first-order valence-corrected chi connectivity index (χ1v) is 9.49. The third kappa shape index (κ3) is 5.55. The van der Waals surface area contributed by atoms with Crippen LogP contribution in [0.4, 0.5) is 0 Å². The van der Waals surface area contributed by atoms with E-state index in [1.807, 2.05) is 18.2 Å². The van der Waals surface area contributed by atoms with Crippen molar-refractivity contribution in [2.24, 2.45) is 17.3 Å². The van der Waals surface area contributed by atoms with Crippen molar-refractivity contribution in [2.45, 2.75) is 40.0 Å². The molecule has 0 aliphatic carbocycles. The Bertz CT molecular complexity index is 542. The number of nitrogens with zero attached hydrogens (tertiary/aromatic N) is 1. The van der Waals surface area contributed by atoms with Crippen molar-refractivity contribution in [1.29, 1.82) is 0 Å². The maximum Gasteiger partial charge on any atom is 0.224 e. The Morgan fingerprint density at radius 2 is 2.00 bits per heavy atom. The molecule has 0 radical (unpaired) electrons. The zero-order valence-corrected chi connectivity index (χ0v) is 16.2. The molecule has 1 heterocycles. The van der Waals surface area contributed by atoms with Gasteiger partial charge in [0.1, 0.15) is 0 Å². The minimum Gasteiger partial charge on any atom is -0.396 e. The monoisotopic (exact) mass is 346 g/mol. The van der Waals surface area contributed by atoms with Crippen molar-refractivity contribution in [3.63, 3.8) is 0 Å². The van der Waals surface area contributed by atoms with E-state index in [1.165, 1.54) is 0 Å². The molecule has 0 bridgehead atoms. The molecule has 1 aliphatic heterocycles. The fourth-order valence-electron chi connectivity index (χ4n) is 3.72. The number of hydrogen-bond donors (Lipinski definition) is 2. The zero-order valence-electron chi connectivity index (χ0n) is 16.2. The van der Waals surface area contributed by atoms with E-state index in [4.69, 9.17) is 0 Å². The number of nitrogens with one attached hydrogen (secondary N) is 1. The summed E-state index contributed by atoms with van der Waals surface area (Å²) in [5.74, 6) is 0.971. The van der Waals surface area contributed by atoms with Crippen LogP contribution in [0.15, 0.2) is 30.3 Å². The summed E-state index contributed by atoms with van der Waals surface area (Å²) in [4.78, 5) is 15.0.